The molecule has 0 aliphatic carbocycles. The molecule has 8 heteroatoms. The Morgan fingerprint density at radius 3 is 2.65 bits per heavy atom. The van der Waals surface area contributed by atoms with E-state index in [1.165, 1.54) is 0 Å². The Bertz CT molecular complexity index is 968. The quantitative estimate of drug-likeness (QED) is 0.773. The van der Waals surface area contributed by atoms with Gasteiger partial charge in [-0.15, -0.1) is 0 Å². The normalized spacial score (nSPS) is 17.0. The maximum atomic E-state index is 12.4. The number of nitrogens with two attached hydrogens (primary N) is 1. The van der Waals surface area contributed by atoms with Crippen LogP contribution < -0.4 is 15.2 Å². The molecule has 31 heavy (non-hydrogen) atoms. The van der Waals surface area contributed by atoms with Gasteiger partial charge in [0, 0.05) is 18.1 Å². The number of piperidine rings is 1. The highest BCUT2D eigenvalue weighted by molar-refractivity contribution is 6.01. The molecular formula is C23H31N3O5. The molecule has 1 unspecified atom stereocenters. The third-order valence-electron chi connectivity index (χ3n) is 4.76. The number of nitrogens with zero attached hydrogens (tertiary/aromatic N) is 2. The summed E-state index contributed by atoms with van der Waals surface area (Å²) in [6, 6.07) is 5.23. The van der Waals surface area contributed by atoms with Gasteiger partial charge < -0.3 is 24.8 Å². The van der Waals surface area contributed by atoms with Gasteiger partial charge in [-0.2, -0.15) is 0 Å². The Balaban J connectivity index is 1.85. The molecule has 1 aromatic carbocycles. The summed E-state index contributed by atoms with van der Waals surface area (Å²) in [5.41, 5.74) is 5.30. The van der Waals surface area contributed by atoms with E-state index >= 15 is 0 Å². The van der Waals surface area contributed by atoms with Crippen molar-refractivity contribution in [2.75, 3.05) is 13.1 Å². The van der Waals surface area contributed by atoms with E-state index in [0.29, 0.717) is 30.3 Å². The lowest BCUT2D eigenvalue weighted by Gasteiger charge is -2.34. The van der Waals surface area contributed by atoms with Crippen molar-refractivity contribution in [3.05, 3.63) is 30.0 Å². The van der Waals surface area contributed by atoms with Gasteiger partial charge in [0.2, 0.25) is 5.88 Å². The molecule has 1 atom stereocenters. The van der Waals surface area contributed by atoms with Crippen molar-refractivity contribution in [2.24, 2.45) is 5.73 Å². The van der Waals surface area contributed by atoms with Crippen LogP contribution in [-0.2, 0) is 4.74 Å². The molecule has 2 heterocycles. The van der Waals surface area contributed by atoms with E-state index in [2.05, 4.69) is 4.98 Å². The Kier molecular flexibility index (Phi) is 6.57. The average molecular weight is 430 g/mol. The zero-order valence-electron chi connectivity index (χ0n) is 18.8. The van der Waals surface area contributed by atoms with Gasteiger partial charge in [0.25, 0.3) is 5.91 Å². The molecule has 1 aliphatic heterocycles. The zero-order valence-corrected chi connectivity index (χ0v) is 18.8. The number of ether oxygens (including phenoxy) is 3. The standard InChI is InChI=1S/C23H31N3O5/c1-14(2)29-19-12-17-15(11-18(19)20(24)27)8-9-25-21(17)30-16-7-6-10-26(13-16)22(28)31-23(3,4)5/h8-9,11-12,14,16H,6-7,10,13H2,1-5H3,(H2,24,27). The molecule has 1 aliphatic rings. The summed E-state index contributed by atoms with van der Waals surface area (Å²) in [4.78, 5) is 30.4. The first-order chi connectivity index (χ1) is 14.5. The van der Waals surface area contributed by atoms with Gasteiger partial charge in [-0.3, -0.25) is 4.79 Å². The van der Waals surface area contributed by atoms with Crippen molar-refractivity contribution in [1.82, 2.24) is 9.88 Å². The molecule has 2 amide bonds. The molecule has 168 valence electrons. The van der Waals surface area contributed by atoms with Crippen LogP contribution in [0.3, 0.4) is 0 Å². The number of amides is 2. The summed E-state index contributed by atoms with van der Waals surface area (Å²) in [5.74, 6) is 0.266. The number of hydrogen-bond donors (Lipinski definition) is 1. The first kappa shape index (κ1) is 22.7. The number of likely N-dealkylation sites (tertiary alicyclic amines) is 1. The monoisotopic (exact) mass is 429 g/mol. The van der Waals surface area contributed by atoms with Crippen LogP contribution in [0.2, 0.25) is 0 Å². The van der Waals surface area contributed by atoms with Gasteiger partial charge in [-0.25, -0.2) is 9.78 Å². The topological polar surface area (TPSA) is 104 Å². The summed E-state index contributed by atoms with van der Waals surface area (Å²) in [6.07, 6.45) is 2.54. The minimum absolute atomic E-state index is 0.127. The SMILES string of the molecule is CC(C)Oc1cc2c(OC3CCCN(C(=O)OC(C)(C)C)C3)nccc2cc1C(N)=O. The van der Waals surface area contributed by atoms with Crippen molar-refractivity contribution in [3.8, 4) is 11.6 Å². The molecule has 8 nitrogen and oxygen atoms in total. The van der Waals surface area contributed by atoms with Crippen LogP contribution in [0, 0.1) is 0 Å². The van der Waals surface area contributed by atoms with Crippen LogP contribution in [0.5, 0.6) is 11.6 Å². The number of rotatable bonds is 5. The fourth-order valence-electron chi connectivity index (χ4n) is 3.50. The third-order valence-corrected chi connectivity index (χ3v) is 4.76. The van der Waals surface area contributed by atoms with Crippen molar-refractivity contribution < 1.29 is 23.8 Å². The molecule has 0 saturated carbocycles. The molecule has 0 bridgehead atoms. The summed E-state index contributed by atoms with van der Waals surface area (Å²) < 4.78 is 17.5. The van der Waals surface area contributed by atoms with E-state index < -0.39 is 11.5 Å². The van der Waals surface area contributed by atoms with Crippen LogP contribution in [0.15, 0.2) is 24.4 Å². The highest BCUT2D eigenvalue weighted by atomic mass is 16.6. The van der Waals surface area contributed by atoms with Crippen molar-refractivity contribution in [1.29, 1.82) is 0 Å². The number of pyridine rings is 1. The smallest absolute Gasteiger partial charge is 0.410 e. The van der Waals surface area contributed by atoms with Crippen LogP contribution in [0.1, 0.15) is 57.8 Å². The van der Waals surface area contributed by atoms with E-state index in [0.717, 1.165) is 23.6 Å². The second-order valence-corrected chi connectivity index (χ2v) is 9.02. The summed E-state index contributed by atoms with van der Waals surface area (Å²) in [6.45, 7) is 10.3. The molecule has 3 rings (SSSR count). The molecule has 1 aromatic heterocycles. The number of carbonyl (C=O) groups is 2. The van der Waals surface area contributed by atoms with E-state index in [9.17, 15) is 9.59 Å². The molecule has 1 saturated heterocycles. The average Bonchev–Trinajstić information content (AvgIpc) is 2.66. The van der Waals surface area contributed by atoms with Crippen molar-refractivity contribution in [2.45, 2.75) is 65.3 Å². The van der Waals surface area contributed by atoms with E-state index in [4.69, 9.17) is 19.9 Å². The molecule has 0 spiro atoms. The van der Waals surface area contributed by atoms with Gasteiger partial charge in [0.1, 0.15) is 17.5 Å². The van der Waals surface area contributed by atoms with Gasteiger partial charge in [0.15, 0.2) is 0 Å². The molecular weight excluding hydrogens is 398 g/mol. The highest BCUT2D eigenvalue weighted by Crippen LogP contribution is 2.32. The lowest BCUT2D eigenvalue weighted by atomic mass is 10.1. The number of primary amides is 1. The summed E-state index contributed by atoms with van der Waals surface area (Å²) in [7, 11) is 0. The van der Waals surface area contributed by atoms with E-state index in [1.54, 1.807) is 29.3 Å². The number of hydrogen-bond acceptors (Lipinski definition) is 6. The highest BCUT2D eigenvalue weighted by Gasteiger charge is 2.29. The molecule has 2 N–H and O–H groups in total. The predicted molar refractivity (Wildman–Crippen MR) is 117 cm³/mol. The lowest BCUT2D eigenvalue weighted by Crippen LogP contribution is -2.46. The molecule has 2 aromatic rings. The second-order valence-electron chi connectivity index (χ2n) is 9.02. The number of aromatic nitrogens is 1. The van der Waals surface area contributed by atoms with Crippen LogP contribution in [0.25, 0.3) is 10.8 Å². The van der Waals surface area contributed by atoms with Gasteiger partial charge >= 0.3 is 6.09 Å². The maximum absolute atomic E-state index is 12.4. The fourth-order valence-corrected chi connectivity index (χ4v) is 3.50. The Morgan fingerprint density at radius 2 is 2.00 bits per heavy atom. The number of carbonyl (C=O) groups excluding carboxylic acids is 2. The minimum atomic E-state index is -0.558. The van der Waals surface area contributed by atoms with Crippen LogP contribution >= 0.6 is 0 Å². The summed E-state index contributed by atoms with van der Waals surface area (Å²) >= 11 is 0. The Morgan fingerprint density at radius 1 is 1.26 bits per heavy atom. The van der Waals surface area contributed by atoms with Gasteiger partial charge in [-0.05, 0) is 71.0 Å². The van der Waals surface area contributed by atoms with Crippen molar-refractivity contribution >= 4 is 22.8 Å². The Labute approximate surface area is 182 Å². The fraction of sp³-hybridized carbons (Fsp3) is 0.522. The largest absolute Gasteiger partial charge is 0.490 e. The maximum Gasteiger partial charge on any atom is 0.410 e. The number of fused-ring (bicyclic) bond motifs is 1. The first-order valence-corrected chi connectivity index (χ1v) is 10.6. The molecule has 0 radical (unpaired) electrons. The lowest BCUT2D eigenvalue weighted by molar-refractivity contribution is 0.00742. The minimum Gasteiger partial charge on any atom is -0.490 e. The predicted octanol–water partition coefficient (Wildman–Crippen LogP) is 3.90. The molecule has 1 fully saturated rings. The first-order valence-electron chi connectivity index (χ1n) is 10.6. The van der Waals surface area contributed by atoms with Gasteiger partial charge in [-0.1, -0.05) is 0 Å². The van der Waals surface area contributed by atoms with Crippen LogP contribution in [0.4, 0.5) is 4.79 Å². The van der Waals surface area contributed by atoms with Gasteiger partial charge in [0.05, 0.1) is 18.2 Å². The second kappa shape index (κ2) is 8.99. The summed E-state index contributed by atoms with van der Waals surface area (Å²) in [5, 5.41) is 1.49. The zero-order chi connectivity index (χ0) is 22.8. The van der Waals surface area contributed by atoms with Crippen LogP contribution in [-0.4, -0.2) is 52.8 Å². The number of benzene rings is 1. The van der Waals surface area contributed by atoms with E-state index in [1.807, 2.05) is 34.6 Å². The van der Waals surface area contributed by atoms with Crippen molar-refractivity contribution in [3.63, 3.8) is 0 Å². The Hall–Kier alpha value is -3.03. The van der Waals surface area contributed by atoms with E-state index in [-0.39, 0.29) is 18.3 Å². The third kappa shape index (κ3) is 5.77.